The molecule has 7 heteroatoms. The van der Waals surface area contributed by atoms with Crippen LogP contribution in [-0.4, -0.2) is 33.9 Å². The van der Waals surface area contributed by atoms with Crippen LogP contribution in [0.2, 0.25) is 4.47 Å². The second kappa shape index (κ2) is 5.23. The van der Waals surface area contributed by atoms with Gasteiger partial charge in [-0.3, -0.25) is 4.79 Å². The monoisotopic (exact) mass is 235 g/mol. The standard InChI is InChI=1S/C7H10ClN3O2S/c1-4(12)2-3-9-5(13)6-10-11-7(8)14-6/h4,12H,2-3H2,1H3,(H,9,13). The molecule has 0 saturated heterocycles. The first-order valence-corrected chi connectivity index (χ1v) is 5.24. The number of hydrogen-bond acceptors (Lipinski definition) is 5. The van der Waals surface area contributed by atoms with Crippen LogP contribution in [0.4, 0.5) is 0 Å². The number of hydrogen-bond donors (Lipinski definition) is 2. The summed E-state index contributed by atoms with van der Waals surface area (Å²) >= 11 is 6.54. The van der Waals surface area contributed by atoms with Gasteiger partial charge in [-0.05, 0) is 24.9 Å². The van der Waals surface area contributed by atoms with Crippen molar-refractivity contribution in [3.05, 3.63) is 9.47 Å². The molecule has 1 aromatic rings. The Morgan fingerprint density at radius 1 is 1.71 bits per heavy atom. The molecule has 1 aromatic heterocycles. The molecule has 1 rings (SSSR count). The van der Waals surface area contributed by atoms with Crippen LogP contribution in [0.3, 0.4) is 0 Å². The first-order valence-electron chi connectivity index (χ1n) is 4.05. The average Bonchev–Trinajstić information content (AvgIpc) is 2.51. The smallest absolute Gasteiger partial charge is 0.282 e. The number of aliphatic hydroxyl groups excluding tert-OH is 1. The highest BCUT2D eigenvalue weighted by molar-refractivity contribution is 7.17. The van der Waals surface area contributed by atoms with Crippen LogP contribution in [-0.2, 0) is 0 Å². The minimum atomic E-state index is -0.423. The molecule has 14 heavy (non-hydrogen) atoms. The zero-order valence-electron chi connectivity index (χ0n) is 7.53. The highest BCUT2D eigenvalue weighted by Crippen LogP contribution is 2.14. The van der Waals surface area contributed by atoms with Crippen molar-refractivity contribution < 1.29 is 9.90 Å². The molecule has 0 aliphatic heterocycles. The van der Waals surface area contributed by atoms with Crippen LogP contribution in [0.1, 0.15) is 23.1 Å². The molecular formula is C7H10ClN3O2S. The van der Waals surface area contributed by atoms with Gasteiger partial charge in [-0.25, -0.2) is 0 Å². The number of aliphatic hydroxyl groups is 1. The van der Waals surface area contributed by atoms with Gasteiger partial charge in [-0.1, -0.05) is 11.3 Å². The van der Waals surface area contributed by atoms with Gasteiger partial charge in [-0.2, -0.15) is 0 Å². The van der Waals surface area contributed by atoms with Gasteiger partial charge in [0.1, 0.15) is 0 Å². The molecule has 5 nitrogen and oxygen atoms in total. The highest BCUT2D eigenvalue weighted by atomic mass is 35.5. The second-order valence-electron chi connectivity index (χ2n) is 2.75. The fraction of sp³-hybridized carbons (Fsp3) is 0.571. The van der Waals surface area contributed by atoms with Crippen molar-refractivity contribution in [2.45, 2.75) is 19.4 Å². The van der Waals surface area contributed by atoms with Crippen molar-refractivity contribution in [3.63, 3.8) is 0 Å². The third kappa shape index (κ3) is 3.57. The summed E-state index contributed by atoms with van der Waals surface area (Å²) in [6, 6.07) is 0. The van der Waals surface area contributed by atoms with E-state index in [0.717, 1.165) is 11.3 Å². The number of carbonyl (C=O) groups excluding carboxylic acids is 1. The molecule has 1 atom stereocenters. The molecule has 78 valence electrons. The van der Waals surface area contributed by atoms with Gasteiger partial charge < -0.3 is 10.4 Å². The molecule has 2 N–H and O–H groups in total. The quantitative estimate of drug-likeness (QED) is 0.805. The van der Waals surface area contributed by atoms with Gasteiger partial charge in [0.15, 0.2) is 0 Å². The molecule has 0 radical (unpaired) electrons. The Bertz CT molecular complexity index is 316. The van der Waals surface area contributed by atoms with Crippen LogP contribution in [0.15, 0.2) is 0 Å². The summed E-state index contributed by atoms with van der Waals surface area (Å²) in [4.78, 5) is 11.3. The minimum Gasteiger partial charge on any atom is -0.393 e. The van der Waals surface area contributed by atoms with Crippen LogP contribution < -0.4 is 5.32 Å². The maximum atomic E-state index is 11.3. The molecule has 0 aliphatic carbocycles. The van der Waals surface area contributed by atoms with Crippen molar-refractivity contribution >= 4 is 28.8 Å². The third-order valence-corrected chi connectivity index (χ3v) is 2.46. The first-order chi connectivity index (χ1) is 6.59. The Kier molecular flexibility index (Phi) is 4.24. The van der Waals surface area contributed by atoms with Crippen molar-refractivity contribution in [3.8, 4) is 0 Å². The molecule has 1 unspecified atom stereocenters. The topological polar surface area (TPSA) is 75.1 Å². The molecule has 0 aromatic carbocycles. The number of carbonyl (C=O) groups is 1. The third-order valence-electron chi connectivity index (χ3n) is 1.44. The zero-order valence-corrected chi connectivity index (χ0v) is 9.10. The number of aromatic nitrogens is 2. The van der Waals surface area contributed by atoms with E-state index < -0.39 is 6.10 Å². The minimum absolute atomic E-state index is 0.237. The number of halogens is 1. The average molecular weight is 236 g/mol. The zero-order chi connectivity index (χ0) is 10.6. The van der Waals surface area contributed by atoms with Gasteiger partial charge in [0, 0.05) is 6.54 Å². The molecule has 0 bridgehead atoms. The SMILES string of the molecule is CC(O)CCNC(=O)c1nnc(Cl)s1. The summed E-state index contributed by atoms with van der Waals surface area (Å²) in [7, 11) is 0. The van der Waals surface area contributed by atoms with E-state index in [4.69, 9.17) is 16.7 Å². The summed E-state index contributed by atoms with van der Waals surface area (Å²) in [5.74, 6) is -0.310. The van der Waals surface area contributed by atoms with E-state index >= 15 is 0 Å². The van der Waals surface area contributed by atoms with Crippen molar-refractivity contribution in [1.82, 2.24) is 15.5 Å². The number of nitrogens with one attached hydrogen (secondary N) is 1. The van der Waals surface area contributed by atoms with Gasteiger partial charge >= 0.3 is 0 Å². The lowest BCUT2D eigenvalue weighted by Crippen LogP contribution is -2.26. The Balaban J connectivity index is 2.36. The number of amides is 1. The predicted octanol–water partition coefficient (Wildman–Crippen LogP) is 0.692. The lowest BCUT2D eigenvalue weighted by molar-refractivity contribution is 0.0944. The van der Waals surface area contributed by atoms with Gasteiger partial charge in [0.05, 0.1) is 6.10 Å². The van der Waals surface area contributed by atoms with Crippen LogP contribution in [0, 0.1) is 0 Å². The van der Waals surface area contributed by atoms with Crippen molar-refractivity contribution in [2.24, 2.45) is 0 Å². The lowest BCUT2D eigenvalue weighted by Gasteiger charge is -2.03. The molecule has 0 saturated carbocycles. The Morgan fingerprint density at radius 3 is 2.93 bits per heavy atom. The van der Waals surface area contributed by atoms with Crippen LogP contribution >= 0.6 is 22.9 Å². The Labute approximate surface area is 90.1 Å². The molecule has 1 amide bonds. The van der Waals surface area contributed by atoms with E-state index in [-0.39, 0.29) is 15.4 Å². The summed E-state index contributed by atoms with van der Waals surface area (Å²) in [5, 5.41) is 18.9. The summed E-state index contributed by atoms with van der Waals surface area (Å²) in [6.45, 7) is 2.07. The fourth-order valence-electron chi connectivity index (χ4n) is 0.767. The van der Waals surface area contributed by atoms with Gasteiger partial charge in [0.25, 0.3) is 5.91 Å². The largest absolute Gasteiger partial charge is 0.393 e. The highest BCUT2D eigenvalue weighted by Gasteiger charge is 2.11. The van der Waals surface area contributed by atoms with Crippen LogP contribution in [0.5, 0.6) is 0 Å². The molecule has 0 aliphatic rings. The number of rotatable bonds is 4. The van der Waals surface area contributed by atoms with E-state index in [1.165, 1.54) is 0 Å². The van der Waals surface area contributed by atoms with E-state index in [9.17, 15) is 4.79 Å². The second-order valence-corrected chi connectivity index (χ2v) is 4.31. The van der Waals surface area contributed by atoms with E-state index in [2.05, 4.69) is 15.5 Å². The molecule has 1 heterocycles. The number of nitrogens with zero attached hydrogens (tertiary/aromatic N) is 2. The van der Waals surface area contributed by atoms with Gasteiger partial charge in [0.2, 0.25) is 9.47 Å². The van der Waals surface area contributed by atoms with E-state index in [1.54, 1.807) is 6.92 Å². The van der Waals surface area contributed by atoms with Crippen molar-refractivity contribution in [2.75, 3.05) is 6.54 Å². The maximum Gasteiger partial charge on any atom is 0.282 e. The van der Waals surface area contributed by atoms with Gasteiger partial charge in [-0.15, -0.1) is 10.2 Å². The molecule has 0 fully saturated rings. The van der Waals surface area contributed by atoms with Crippen molar-refractivity contribution in [1.29, 1.82) is 0 Å². The Morgan fingerprint density at radius 2 is 2.43 bits per heavy atom. The normalized spacial score (nSPS) is 12.5. The fourth-order valence-corrected chi connectivity index (χ4v) is 1.51. The predicted molar refractivity (Wildman–Crippen MR) is 53.6 cm³/mol. The Hall–Kier alpha value is -0.720. The summed E-state index contributed by atoms with van der Waals surface area (Å²) in [6.07, 6.45) is 0.0893. The molecule has 0 spiro atoms. The van der Waals surface area contributed by atoms with E-state index in [0.29, 0.717) is 13.0 Å². The first kappa shape index (κ1) is 11.4. The lowest BCUT2D eigenvalue weighted by atomic mass is 10.3. The van der Waals surface area contributed by atoms with Crippen LogP contribution in [0.25, 0.3) is 0 Å². The molecular weight excluding hydrogens is 226 g/mol. The maximum absolute atomic E-state index is 11.3. The summed E-state index contributed by atoms with van der Waals surface area (Å²) < 4.78 is 0.241. The van der Waals surface area contributed by atoms with E-state index in [1.807, 2.05) is 0 Å². The summed E-state index contributed by atoms with van der Waals surface area (Å²) in [5.41, 5.74) is 0.